The predicted octanol–water partition coefficient (Wildman–Crippen LogP) is 3.54. The van der Waals surface area contributed by atoms with Crippen molar-refractivity contribution in [2.45, 2.75) is 58.3 Å². The highest BCUT2D eigenvalue weighted by atomic mass is 16.6. The summed E-state index contributed by atoms with van der Waals surface area (Å²) in [5, 5.41) is 5.87. The number of likely N-dealkylation sites (tertiary alicyclic amines) is 1. The Bertz CT molecular complexity index is 696. The molecule has 2 aliphatic rings. The molecule has 2 fully saturated rings. The highest BCUT2D eigenvalue weighted by Crippen LogP contribution is 2.38. The van der Waals surface area contributed by atoms with Crippen LogP contribution in [0.15, 0.2) is 30.3 Å². The van der Waals surface area contributed by atoms with Gasteiger partial charge in [0.05, 0.1) is 0 Å². The Labute approximate surface area is 179 Å². The molecule has 0 aromatic heterocycles. The fourth-order valence-electron chi connectivity index (χ4n) is 3.84. The molecule has 1 aromatic carbocycles. The second-order valence-electron chi connectivity index (χ2n) is 9.42. The third-order valence-electron chi connectivity index (χ3n) is 5.59. The number of alkyl carbamates (subject to hydrolysis) is 2. The van der Waals surface area contributed by atoms with Crippen molar-refractivity contribution in [3.63, 3.8) is 0 Å². The average molecular weight is 418 g/mol. The quantitative estimate of drug-likeness (QED) is 0.709. The highest BCUT2D eigenvalue weighted by Gasteiger charge is 2.38. The first-order valence-corrected chi connectivity index (χ1v) is 10.9. The van der Waals surface area contributed by atoms with Crippen molar-refractivity contribution < 1.29 is 19.1 Å². The second kappa shape index (κ2) is 10.2. The number of amides is 2. The molecule has 1 saturated heterocycles. The number of benzene rings is 1. The molecular formula is C23H35N3O4. The predicted molar refractivity (Wildman–Crippen MR) is 115 cm³/mol. The third kappa shape index (κ3) is 7.86. The largest absolute Gasteiger partial charge is 0.445 e. The fourth-order valence-corrected chi connectivity index (χ4v) is 3.84. The van der Waals surface area contributed by atoms with Crippen LogP contribution in [-0.4, -0.2) is 54.9 Å². The monoisotopic (exact) mass is 417 g/mol. The van der Waals surface area contributed by atoms with Crippen molar-refractivity contribution in [2.75, 3.05) is 26.2 Å². The van der Waals surface area contributed by atoms with Crippen molar-refractivity contribution in [1.29, 1.82) is 0 Å². The minimum absolute atomic E-state index is 0.187. The molecule has 7 heteroatoms. The van der Waals surface area contributed by atoms with E-state index in [2.05, 4.69) is 15.5 Å². The highest BCUT2D eigenvalue weighted by molar-refractivity contribution is 5.68. The number of piperidine rings is 1. The Morgan fingerprint density at radius 1 is 1.07 bits per heavy atom. The summed E-state index contributed by atoms with van der Waals surface area (Å²) >= 11 is 0. The van der Waals surface area contributed by atoms with E-state index in [0.29, 0.717) is 25.0 Å². The van der Waals surface area contributed by atoms with Gasteiger partial charge in [0, 0.05) is 32.2 Å². The summed E-state index contributed by atoms with van der Waals surface area (Å²) in [6.07, 6.45) is 2.36. The van der Waals surface area contributed by atoms with E-state index in [1.807, 2.05) is 51.1 Å². The van der Waals surface area contributed by atoms with Gasteiger partial charge in [-0.1, -0.05) is 30.3 Å². The van der Waals surface area contributed by atoms with Crippen LogP contribution in [0.25, 0.3) is 0 Å². The maximum atomic E-state index is 11.9. The number of nitrogens with one attached hydrogen (secondary N) is 2. The van der Waals surface area contributed by atoms with Gasteiger partial charge in [-0.05, 0) is 57.4 Å². The summed E-state index contributed by atoms with van der Waals surface area (Å²) in [6, 6.07) is 9.87. The third-order valence-corrected chi connectivity index (χ3v) is 5.59. The normalized spacial score (nSPS) is 22.2. The Kier molecular flexibility index (Phi) is 7.58. The lowest BCUT2D eigenvalue weighted by atomic mass is 10.0. The second-order valence-corrected chi connectivity index (χ2v) is 9.42. The Hall–Kier alpha value is -2.28. The minimum atomic E-state index is -0.465. The summed E-state index contributed by atoms with van der Waals surface area (Å²) < 4.78 is 10.6. The lowest BCUT2D eigenvalue weighted by Gasteiger charge is -2.33. The van der Waals surface area contributed by atoms with Crippen LogP contribution in [0.1, 0.15) is 45.6 Å². The van der Waals surface area contributed by atoms with E-state index in [1.54, 1.807) is 0 Å². The minimum Gasteiger partial charge on any atom is -0.445 e. The average Bonchev–Trinajstić information content (AvgIpc) is 3.43. The van der Waals surface area contributed by atoms with Gasteiger partial charge in [-0.2, -0.15) is 0 Å². The lowest BCUT2D eigenvalue weighted by Crippen LogP contribution is -2.46. The van der Waals surface area contributed by atoms with Crippen LogP contribution in [-0.2, 0) is 16.1 Å². The maximum Gasteiger partial charge on any atom is 0.407 e. The van der Waals surface area contributed by atoms with Crippen LogP contribution in [0.5, 0.6) is 0 Å². The van der Waals surface area contributed by atoms with Crippen molar-refractivity contribution in [1.82, 2.24) is 15.5 Å². The molecule has 3 rings (SSSR count). The number of rotatable bonds is 7. The summed E-state index contributed by atoms with van der Waals surface area (Å²) in [5.41, 5.74) is 0.523. The van der Waals surface area contributed by atoms with Gasteiger partial charge in [-0.25, -0.2) is 9.59 Å². The first-order chi connectivity index (χ1) is 14.3. The van der Waals surface area contributed by atoms with Gasteiger partial charge in [0.1, 0.15) is 12.2 Å². The van der Waals surface area contributed by atoms with Crippen LogP contribution < -0.4 is 10.6 Å². The topological polar surface area (TPSA) is 79.9 Å². The van der Waals surface area contributed by atoms with Crippen LogP contribution in [0.3, 0.4) is 0 Å². The number of ether oxygens (including phenoxy) is 2. The van der Waals surface area contributed by atoms with Crippen LogP contribution in [0, 0.1) is 11.8 Å². The molecule has 0 spiro atoms. The first kappa shape index (κ1) is 22.4. The Balaban J connectivity index is 1.25. The molecule has 2 atom stereocenters. The van der Waals surface area contributed by atoms with Crippen molar-refractivity contribution in [3.05, 3.63) is 35.9 Å². The zero-order valence-corrected chi connectivity index (χ0v) is 18.4. The molecule has 7 nitrogen and oxygen atoms in total. The molecule has 0 radical (unpaired) electrons. The molecule has 30 heavy (non-hydrogen) atoms. The molecule has 1 aliphatic carbocycles. The first-order valence-electron chi connectivity index (χ1n) is 10.9. The molecule has 1 unspecified atom stereocenters. The van der Waals surface area contributed by atoms with Crippen molar-refractivity contribution >= 4 is 12.2 Å². The van der Waals surface area contributed by atoms with E-state index in [-0.39, 0.29) is 18.2 Å². The van der Waals surface area contributed by atoms with Crippen molar-refractivity contribution in [3.8, 4) is 0 Å². The van der Waals surface area contributed by atoms with E-state index in [0.717, 1.165) is 44.5 Å². The standard InChI is InChI=1S/C23H35N3O4/c1-23(2,3)30-22(28)25-20-9-11-26(12-10-20)15-19-13-18(19)14-24-21(27)29-16-17-7-5-4-6-8-17/h4-8,18-20H,9-16H2,1-3H3,(H,24,27)(H,25,28)/t18-,19?/m1/s1. The van der Waals surface area contributed by atoms with Crippen LogP contribution in [0.4, 0.5) is 9.59 Å². The number of carbonyl (C=O) groups is 2. The molecule has 1 saturated carbocycles. The SMILES string of the molecule is CC(C)(C)OC(=O)NC1CCN(CC2C[C@@H]2CNC(=O)OCc2ccccc2)CC1. The van der Waals surface area contributed by atoms with Crippen LogP contribution in [0.2, 0.25) is 0 Å². The summed E-state index contributed by atoms with van der Waals surface area (Å²) in [6.45, 7) is 9.62. The van der Waals surface area contributed by atoms with Gasteiger partial charge in [0.2, 0.25) is 0 Å². The van der Waals surface area contributed by atoms with E-state index >= 15 is 0 Å². The molecule has 1 heterocycles. The van der Waals surface area contributed by atoms with Gasteiger partial charge in [-0.3, -0.25) is 0 Å². The van der Waals surface area contributed by atoms with Crippen molar-refractivity contribution in [2.24, 2.45) is 11.8 Å². The number of hydrogen-bond acceptors (Lipinski definition) is 5. The summed E-state index contributed by atoms with van der Waals surface area (Å²) in [5.74, 6) is 1.17. The molecule has 166 valence electrons. The smallest absolute Gasteiger partial charge is 0.407 e. The number of hydrogen-bond donors (Lipinski definition) is 2. The van der Waals surface area contributed by atoms with E-state index in [1.165, 1.54) is 0 Å². The zero-order chi connectivity index (χ0) is 21.6. The van der Waals surface area contributed by atoms with E-state index in [9.17, 15) is 9.59 Å². The van der Waals surface area contributed by atoms with Gasteiger partial charge in [-0.15, -0.1) is 0 Å². The molecule has 2 N–H and O–H groups in total. The molecule has 0 bridgehead atoms. The molecular weight excluding hydrogens is 382 g/mol. The van der Waals surface area contributed by atoms with Gasteiger partial charge in [0.15, 0.2) is 0 Å². The lowest BCUT2D eigenvalue weighted by molar-refractivity contribution is 0.0477. The summed E-state index contributed by atoms with van der Waals surface area (Å²) in [4.78, 5) is 26.2. The van der Waals surface area contributed by atoms with Gasteiger partial charge >= 0.3 is 12.2 Å². The molecule has 1 aromatic rings. The van der Waals surface area contributed by atoms with E-state index in [4.69, 9.17) is 9.47 Å². The Morgan fingerprint density at radius 2 is 1.77 bits per heavy atom. The van der Waals surface area contributed by atoms with Gasteiger partial charge in [0.25, 0.3) is 0 Å². The van der Waals surface area contributed by atoms with Crippen LogP contribution >= 0.6 is 0 Å². The summed E-state index contributed by atoms with van der Waals surface area (Å²) in [7, 11) is 0. The Morgan fingerprint density at radius 3 is 2.43 bits per heavy atom. The van der Waals surface area contributed by atoms with E-state index < -0.39 is 5.60 Å². The fraction of sp³-hybridized carbons (Fsp3) is 0.652. The maximum absolute atomic E-state index is 11.9. The molecule has 2 amide bonds. The number of carbonyl (C=O) groups excluding carboxylic acids is 2. The number of nitrogens with zero attached hydrogens (tertiary/aromatic N) is 1. The van der Waals surface area contributed by atoms with Gasteiger partial charge < -0.3 is 25.0 Å². The molecule has 1 aliphatic heterocycles. The zero-order valence-electron chi connectivity index (χ0n) is 18.4.